The highest BCUT2D eigenvalue weighted by molar-refractivity contribution is 5.95. The van der Waals surface area contributed by atoms with Crippen LogP contribution in [0, 0.1) is 11.6 Å². The smallest absolute Gasteiger partial charge is 0.341 e. The second kappa shape index (κ2) is 8.06. The zero-order valence-electron chi connectivity index (χ0n) is 16.8. The highest BCUT2D eigenvalue weighted by Gasteiger charge is 2.32. The van der Waals surface area contributed by atoms with Gasteiger partial charge in [-0.25, -0.2) is 18.4 Å². The molecule has 32 heavy (non-hydrogen) atoms. The lowest BCUT2D eigenvalue weighted by molar-refractivity contribution is -0.132. The van der Waals surface area contributed by atoms with Gasteiger partial charge in [-0.1, -0.05) is 0 Å². The lowest BCUT2D eigenvalue weighted by atomic mass is 10.1. The Morgan fingerprint density at radius 2 is 1.69 bits per heavy atom. The number of hydrogen-bond donors (Lipinski definition) is 2. The van der Waals surface area contributed by atoms with Gasteiger partial charge in [0.1, 0.15) is 17.1 Å². The van der Waals surface area contributed by atoms with Crippen molar-refractivity contribution >= 4 is 34.4 Å². The summed E-state index contributed by atoms with van der Waals surface area (Å²) in [5.74, 6) is -5.19. The third kappa shape index (κ3) is 3.81. The van der Waals surface area contributed by atoms with Crippen molar-refractivity contribution in [2.24, 2.45) is 0 Å². The molecule has 2 heterocycles. The van der Waals surface area contributed by atoms with Gasteiger partial charge in [0.2, 0.25) is 11.3 Å². The molecule has 1 aliphatic carbocycles. The number of aromatic carboxylic acids is 1. The Balaban J connectivity index is 1.71. The van der Waals surface area contributed by atoms with E-state index in [0.717, 1.165) is 24.4 Å². The third-order valence-electron chi connectivity index (χ3n) is 5.63. The molecule has 168 valence electrons. The summed E-state index contributed by atoms with van der Waals surface area (Å²) >= 11 is 0. The molecule has 0 atom stereocenters. The Hall–Kier alpha value is -3.76. The Morgan fingerprint density at radius 1 is 1.03 bits per heavy atom. The molecule has 2 fully saturated rings. The summed E-state index contributed by atoms with van der Waals surface area (Å²) < 4.78 is 32.0. The summed E-state index contributed by atoms with van der Waals surface area (Å²) in [6.45, 7) is 0.417. The van der Waals surface area contributed by atoms with Gasteiger partial charge >= 0.3 is 11.9 Å². The van der Waals surface area contributed by atoms with E-state index in [4.69, 9.17) is 5.11 Å². The van der Waals surface area contributed by atoms with Crippen LogP contribution in [0.3, 0.4) is 0 Å². The number of benzene rings is 1. The minimum absolute atomic E-state index is 0.0901. The topological polar surface area (TPSA) is 120 Å². The van der Waals surface area contributed by atoms with E-state index in [1.54, 1.807) is 0 Å². The first kappa shape index (κ1) is 21.5. The van der Waals surface area contributed by atoms with Gasteiger partial charge in [0, 0.05) is 50.6 Å². The van der Waals surface area contributed by atoms with Crippen molar-refractivity contribution in [3.63, 3.8) is 0 Å². The summed E-state index contributed by atoms with van der Waals surface area (Å²) in [5, 5.41) is 17.6. The van der Waals surface area contributed by atoms with Crippen LogP contribution in [0.25, 0.3) is 10.9 Å². The molecular formula is C21H19F2N3O6. The van der Waals surface area contributed by atoms with E-state index < -0.39 is 40.5 Å². The molecule has 0 bridgehead atoms. The summed E-state index contributed by atoms with van der Waals surface area (Å²) in [6.07, 6.45) is 4.13. The number of carbonyl (C=O) groups excluding carboxylic acids is 1. The standard InChI is InChI=1S/C21H19F2N3O6/c22-14-9-12-18(26(11-1-2-11)10-13(20(12)30)21(31)32)17(23)19(14)25-7-5-24(6-8-25)15(27)3-4-16(28)29/h3-4,9-11H,1-2,5-8H2,(H,28,29)(H,31,32)/b4-3-. The van der Waals surface area contributed by atoms with Crippen LogP contribution in [-0.2, 0) is 9.59 Å². The number of piperazine rings is 1. The minimum atomic E-state index is -1.46. The second-order valence-corrected chi connectivity index (χ2v) is 7.72. The van der Waals surface area contributed by atoms with E-state index in [2.05, 4.69) is 0 Å². The predicted octanol–water partition coefficient (Wildman–Crippen LogP) is 1.60. The molecule has 2 aliphatic rings. The molecule has 1 amide bonds. The van der Waals surface area contributed by atoms with Crippen LogP contribution < -0.4 is 10.3 Å². The first-order valence-corrected chi connectivity index (χ1v) is 9.94. The van der Waals surface area contributed by atoms with E-state index in [9.17, 15) is 28.7 Å². The monoisotopic (exact) mass is 447 g/mol. The molecular weight excluding hydrogens is 428 g/mol. The highest BCUT2D eigenvalue weighted by Crippen LogP contribution is 2.39. The molecule has 0 radical (unpaired) electrons. The fourth-order valence-corrected chi connectivity index (χ4v) is 3.91. The second-order valence-electron chi connectivity index (χ2n) is 7.72. The molecule has 0 unspecified atom stereocenters. The van der Waals surface area contributed by atoms with Crippen molar-refractivity contribution in [1.29, 1.82) is 0 Å². The van der Waals surface area contributed by atoms with Crippen molar-refractivity contribution in [2.45, 2.75) is 18.9 Å². The van der Waals surface area contributed by atoms with Gasteiger partial charge in [0.15, 0.2) is 5.82 Å². The lowest BCUT2D eigenvalue weighted by Gasteiger charge is -2.36. The Morgan fingerprint density at radius 3 is 2.25 bits per heavy atom. The van der Waals surface area contributed by atoms with E-state index >= 15 is 4.39 Å². The van der Waals surface area contributed by atoms with Crippen LogP contribution in [0.15, 0.2) is 29.2 Å². The van der Waals surface area contributed by atoms with Gasteiger partial charge in [-0.05, 0) is 18.9 Å². The molecule has 1 aromatic heterocycles. The maximum Gasteiger partial charge on any atom is 0.341 e. The number of pyridine rings is 1. The van der Waals surface area contributed by atoms with Crippen molar-refractivity contribution in [2.75, 3.05) is 31.1 Å². The van der Waals surface area contributed by atoms with Crippen molar-refractivity contribution in [3.8, 4) is 0 Å². The van der Waals surface area contributed by atoms with Crippen LogP contribution >= 0.6 is 0 Å². The number of carbonyl (C=O) groups is 3. The first-order chi connectivity index (χ1) is 15.2. The van der Waals surface area contributed by atoms with Crippen molar-refractivity contribution in [1.82, 2.24) is 9.47 Å². The number of carboxylic acids is 2. The molecule has 2 N–H and O–H groups in total. The number of amides is 1. The molecule has 9 nitrogen and oxygen atoms in total. The molecule has 11 heteroatoms. The normalized spacial score (nSPS) is 16.7. The average Bonchev–Trinajstić information content (AvgIpc) is 3.58. The lowest BCUT2D eigenvalue weighted by Crippen LogP contribution is -2.49. The fourth-order valence-electron chi connectivity index (χ4n) is 3.91. The number of rotatable bonds is 5. The van der Waals surface area contributed by atoms with E-state index in [-0.39, 0.29) is 48.8 Å². The molecule has 1 aliphatic heterocycles. The highest BCUT2D eigenvalue weighted by atomic mass is 19.1. The van der Waals surface area contributed by atoms with Crippen molar-refractivity contribution < 1.29 is 33.4 Å². The zero-order valence-corrected chi connectivity index (χ0v) is 16.8. The van der Waals surface area contributed by atoms with E-state index in [1.807, 2.05) is 0 Å². The van der Waals surface area contributed by atoms with Crippen molar-refractivity contribution in [3.05, 3.63) is 51.8 Å². The molecule has 1 saturated carbocycles. The minimum Gasteiger partial charge on any atom is -0.478 e. The van der Waals surface area contributed by atoms with Gasteiger partial charge in [0.25, 0.3) is 0 Å². The molecule has 4 rings (SSSR count). The van der Waals surface area contributed by atoms with Gasteiger partial charge in [-0.2, -0.15) is 0 Å². The number of anilines is 1. The molecule has 2 aromatic rings. The number of aromatic nitrogens is 1. The Kier molecular flexibility index (Phi) is 5.41. The Bertz CT molecular complexity index is 1230. The van der Waals surface area contributed by atoms with Gasteiger partial charge in [0.05, 0.1) is 10.9 Å². The fraction of sp³-hybridized carbons (Fsp3) is 0.333. The SMILES string of the molecule is O=C(O)/C=C\C(=O)N1CCN(c2c(F)cc3c(=O)c(C(=O)O)cn(C4CC4)c3c2F)CC1. The molecule has 0 spiro atoms. The summed E-state index contributed by atoms with van der Waals surface area (Å²) in [5.41, 5.74) is -1.98. The average molecular weight is 447 g/mol. The summed E-state index contributed by atoms with van der Waals surface area (Å²) in [6, 6.07) is 0.702. The van der Waals surface area contributed by atoms with Crippen LogP contribution in [0.2, 0.25) is 0 Å². The van der Waals surface area contributed by atoms with Crippen LogP contribution in [0.1, 0.15) is 29.2 Å². The van der Waals surface area contributed by atoms with E-state index in [0.29, 0.717) is 12.8 Å². The maximum atomic E-state index is 15.6. The first-order valence-electron chi connectivity index (χ1n) is 9.94. The Labute approximate surface area is 179 Å². The number of hydrogen-bond acceptors (Lipinski definition) is 5. The van der Waals surface area contributed by atoms with Gasteiger partial charge in [-0.15, -0.1) is 0 Å². The molecule has 1 aromatic carbocycles. The zero-order chi connectivity index (χ0) is 23.2. The number of carboxylic acid groups (broad SMARTS) is 2. The van der Waals surface area contributed by atoms with Gasteiger partial charge < -0.3 is 24.6 Å². The van der Waals surface area contributed by atoms with E-state index in [1.165, 1.54) is 14.4 Å². The van der Waals surface area contributed by atoms with Crippen LogP contribution in [0.5, 0.6) is 0 Å². The maximum absolute atomic E-state index is 15.6. The summed E-state index contributed by atoms with van der Waals surface area (Å²) in [4.78, 5) is 49.4. The number of nitrogens with zero attached hydrogens (tertiary/aromatic N) is 3. The number of halogens is 2. The summed E-state index contributed by atoms with van der Waals surface area (Å²) in [7, 11) is 0. The largest absolute Gasteiger partial charge is 0.478 e. The molecule has 1 saturated heterocycles. The predicted molar refractivity (Wildman–Crippen MR) is 109 cm³/mol. The quantitative estimate of drug-likeness (QED) is 0.668. The number of fused-ring (bicyclic) bond motifs is 1. The van der Waals surface area contributed by atoms with Crippen LogP contribution in [-0.4, -0.2) is 63.7 Å². The van der Waals surface area contributed by atoms with Crippen LogP contribution in [0.4, 0.5) is 14.5 Å². The van der Waals surface area contributed by atoms with Gasteiger partial charge in [-0.3, -0.25) is 9.59 Å². The number of aliphatic carboxylic acids is 1. The third-order valence-corrected chi connectivity index (χ3v) is 5.63.